The van der Waals surface area contributed by atoms with Gasteiger partial charge in [0.05, 0.1) is 11.4 Å². The highest BCUT2D eigenvalue weighted by Crippen LogP contribution is 2.36. The van der Waals surface area contributed by atoms with Crippen LogP contribution in [0.4, 0.5) is 18.9 Å². The number of aryl methyl sites for hydroxylation is 1. The maximum atomic E-state index is 12.5. The third-order valence-electron chi connectivity index (χ3n) is 3.07. The summed E-state index contributed by atoms with van der Waals surface area (Å²) in [6.45, 7) is 5.36. The normalized spacial score (nSPS) is 11.6. The zero-order valence-corrected chi connectivity index (χ0v) is 14.1. The number of benzene rings is 1. The van der Waals surface area contributed by atoms with Gasteiger partial charge in [-0.1, -0.05) is 25.5 Å². The van der Waals surface area contributed by atoms with Gasteiger partial charge in [-0.15, -0.1) is 0 Å². The van der Waals surface area contributed by atoms with Gasteiger partial charge in [0.2, 0.25) is 5.91 Å². The number of hydrogen-bond acceptors (Lipinski definition) is 4. The van der Waals surface area contributed by atoms with E-state index in [4.69, 9.17) is 0 Å². The van der Waals surface area contributed by atoms with Gasteiger partial charge in [0.1, 0.15) is 0 Å². The van der Waals surface area contributed by atoms with E-state index in [-0.39, 0.29) is 28.7 Å². The molecule has 0 aliphatic rings. The van der Waals surface area contributed by atoms with Crippen molar-refractivity contribution < 1.29 is 18.0 Å². The third-order valence-corrected chi connectivity index (χ3v) is 3.68. The number of carbonyl (C=O) groups excluding carboxylic acids is 1. The molecule has 1 heterocycles. The van der Waals surface area contributed by atoms with Crippen molar-refractivity contribution in [1.29, 1.82) is 0 Å². The molecule has 0 unspecified atom stereocenters. The summed E-state index contributed by atoms with van der Waals surface area (Å²) in [5.74, 6) is -0.403. The van der Waals surface area contributed by atoms with Gasteiger partial charge in [0.15, 0.2) is 5.16 Å². The Morgan fingerprint density at radius 2 is 1.96 bits per heavy atom. The van der Waals surface area contributed by atoms with Crippen LogP contribution in [0.25, 0.3) is 11.3 Å². The van der Waals surface area contributed by atoms with Crippen molar-refractivity contribution in [2.24, 2.45) is 5.92 Å². The fourth-order valence-corrected chi connectivity index (χ4v) is 2.36. The number of nitrogens with one attached hydrogen (secondary N) is 1. The number of aromatic nitrogens is 2. The molecule has 2 rings (SSSR count). The fraction of sp³-hybridized carbons (Fsp3) is 0.312. The topological polar surface area (TPSA) is 54.9 Å². The Bertz CT molecular complexity index is 748. The fourth-order valence-electron chi connectivity index (χ4n) is 1.90. The number of nitrogens with zero attached hydrogens (tertiary/aromatic N) is 2. The summed E-state index contributed by atoms with van der Waals surface area (Å²) in [6.07, 6.45) is 1.27. The first-order valence-corrected chi connectivity index (χ1v) is 7.98. The maximum Gasteiger partial charge on any atom is 0.449 e. The summed E-state index contributed by atoms with van der Waals surface area (Å²) in [4.78, 5) is 19.5. The number of anilines is 1. The summed E-state index contributed by atoms with van der Waals surface area (Å²) in [5.41, 5.74) is -2.19. The van der Waals surface area contributed by atoms with Crippen molar-refractivity contribution in [3.8, 4) is 11.3 Å². The van der Waals surface area contributed by atoms with Crippen LogP contribution in [0.1, 0.15) is 19.4 Å². The van der Waals surface area contributed by atoms with Crippen molar-refractivity contribution in [1.82, 2.24) is 9.97 Å². The van der Waals surface area contributed by atoms with Crippen LogP contribution in [-0.4, -0.2) is 21.4 Å². The minimum Gasteiger partial charge on any atom is -0.325 e. The van der Waals surface area contributed by atoms with E-state index < -0.39 is 5.51 Å². The van der Waals surface area contributed by atoms with Crippen LogP contribution in [0.3, 0.4) is 0 Å². The lowest BCUT2D eigenvalue weighted by atomic mass is 10.1. The Balaban J connectivity index is 2.42. The molecule has 1 N–H and O–H groups in total. The molecular formula is C16H16F3N3OS. The molecule has 0 fully saturated rings. The van der Waals surface area contributed by atoms with Gasteiger partial charge in [0, 0.05) is 29.4 Å². The first kappa shape index (κ1) is 18.3. The second-order valence-corrected chi connectivity index (χ2v) is 6.50. The monoisotopic (exact) mass is 355 g/mol. The molecule has 0 saturated heterocycles. The van der Waals surface area contributed by atoms with E-state index >= 15 is 0 Å². The molecule has 0 spiro atoms. The van der Waals surface area contributed by atoms with Gasteiger partial charge in [-0.05, 0) is 25.1 Å². The first-order valence-electron chi connectivity index (χ1n) is 7.16. The van der Waals surface area contributed by atoms with Crippen LogP contribution in [0, 0.1) is 12.8 Å². The van der Waals surface area contributed by atoms with Crippen molar-refractivity contribution in [2.75, 3.05) is 5.32 Å². The molecule has 128 valence electrons. The van der Waals surface area contributed by atoms with E-state index in [1.807, 2.05) is 13.0 Å². The van der Waals surface area contributed by atoms with Gasteiger partial charge in [0.25, 0.3) is 0 Å². The Morgan fingerprint density at radius 1 is 1.25 bits per heavy atom. The molecule has 24 heavy (non-hydrogen) atoms. The van der Waals surface area contributed by atoms with E-state index in [0.717, 1.165) is 5.56 Å². The smallest absolute Gasteiger partial charge is 0.325 e. The lowest BCUT2D eigenvalue weighted by Gasteiger charge is -2.14. The molecule has 0 aliphatic carbocycles. The number of alkyl halides is 3. The molecule has 0 radical (unpaired) electrons. The number of hydrogen-bond donors (Lipinski definition) is 1. The highest BCUT2D eigenvalue weighted by atomic mass is 32.2. The number of amides is 1. The van der Waals surface area contributed by atoms with Gasteiger partial charge in [-0.25, -0.2) is 9.97 Å². The van der Waals surface area contributed by atoms with Crippen molar-refractivity contribution in [2.45, 2.75) is 31.4 Å². The van der Waals surface area contributed by atoms with Gasteiger partial charge >= 0.3 is 5.51 Å². The molecule has 4 nitrogen and oxygen atoms in total. The van der Waals surface area contributed by atoms with Crippen LogP contribution in [0.15, 0.2) is 35.6 Å². The predicted octanol–water partition coefficient (Wildman–Crippen LogP) is 4.66. The Labute approximate surface area is 141 Å². The summed E-state index contributed by atoms with van der Waals surface area (Å²) < 4.78 is 37.5. The highest BCUT2D eigenvalue weighted by Gasteiger charge is 2.31. The quantitative estimate of drug-likeness (QED) is 0.640. The molecule has 1 aromatic carbocycles. The van der Waals surface area contributed by atoms with Crippen LogP contribution in [0.5, 0.6) is 0 Å². The van der Waals surface area contributed by atoms with E-state index in [9.17, 15) is 18.0 Å². The van der Waals surface area contributed by atoms with E-state index in [0.29, 0.717) is 16.9 Å². The van der Waals surface area contributed by atoms with Crippen molar-refractivity contribution in [3.63, 3.8) is 0 Å². The molecule has 0 atom stereocenters. The zero-order valence-electron chi connectivity index (χ0n) is 13.3. The molecule has 0 saturated carbocycles. The molecule has 1 amide bonds. The van der Waals surface area contributed by atoms with Crippen molar-refractivity contribution in [3.05, 3.63) is 36.0 Å². The van der Waals surface area contributed by atoms with Crippen LogP contribution < -0.4 is 5.32 Å². The molecule has 8 heteroatoms. The standard InChI is InChI=1S/C16H16F3N3OS/c1-9(2)14(23)21-12-5-4-10(3)8-11(12)13-6-7-20-15(22-13)24-16(17,18)19/h4-9H,1-3H3,(H,21,23). The van der Waals surface area contributed by atoms with Crippen LogP contribution in [0.2, 0.25) is 0 Å². The van der Waals surface area contributed by atoms with E-state index in [1.165, 1.54) is 12.3 Å². The van der Waals surface area contributed by atoms with Crippen LogP contribution in [-0.2, 0) is 4.79 Å². The SMILES string of the molecule is Cc1ccc(NC(=O)C(C)C)c(-c2ccnc(SC(F)(F)F)n2)c1. The first-order chi connectivity index (χ1) is 11.2. The molecule has 1 aromatic heterocycles. The van der Waals surface area contributed by atoms with E-state index in [1.54, 1.807) is 26.0 Å². The number of rotatable bonds is 4. The van der Waals surface area contributed by atoms with Crippen molar-refractivity contribution >= 4 is 23.4 Å². The average molecular weight is 355 g/mol. The average Bonchev–Trinajstić information content (AvgIpc) is 2.47. The second kappa shape index (κ2) is 7.21. The van der Waals surface area contributed by atoms with E-state index in [2.05, 4.69) is 15.3 Å². The Morgan fingerprint density at radius 3 is 2.58 bits per heavy atom. The number of carbonyl (C=O) groups is 1. The third kappa shape index (κ3) is 4.95. The number of thioether (sulfide) groups is 1. The predicted molar refractivity (Wildman–Crippen MR) is 87.6 cm³/mol. The van der Waals surface area contributed by atoms with Crippen LogP contribution >= 0.6 is 11.8 Å². The molecule has 0 bridgehead atoms. The largest absolute Gasteiger partial charge is 0.449 e. The molecule has 0 aliphatic heterocycles. The summed E-state index contributed by atoms with van der Waals surface area (Å²) >= 11 is -0.371. The summed E-state index contributed by atoms with van der Waals surface area (Å²) in [7, 11) is 0. The Hall–Kier alpha value is -2.09. The molecule has 2 aromatic rings. The summed E-state index contributed by atoms with van der Waals surface area (Å²) in [6, 6.07) is 6.80. The second-order valence-electron chi connectivity index (χ2n) is 5.47. The molecular weight excluding hydrogens is 339 g/mol. The number of halogens is 3. The van der Waals surface area contributed by atoms with Gasteiger partial charge < -0.3 is 5.32 Å². The lowest BCUT2D eigenvalue weighted by Crippen LogP contribution is -2.18. The summed E-state index contributed by atoms with van der Waals surface area (Å²) in [5, 5.41) is 2.39. The maximum absolute atomic E-state index is 12.5. The zero-order chi connectivity index (χ0) is 17.9. The Kier molecular flexibility index (Phi) is 5.48. The minimum atomic E-state index is -4.46. The van der Waals surface area contributed by atoms with Gasteiger partial charge in [-0.3, -0.25) is 4.79 Å². The van der Waals surface area contributed by atoms with Gasteiger partial charge in [-0.2, -0.15) is 13.2 Å². The lowest BCUT2D eigenvalue weighted by molar-refractivity contribution is -0.118. The minimum absolute atomic E-state index is 0.181. The highest BCUT2D eigenvalue weighted by molar-refractivity contribution is 8.00.